The van der Waals surface area contributed by atoms with Gasteiger partial charge in [-0.2, -0.15) is 4.98 Å². The summed E-state index contributed by atoms with van der Waals surface area (Å²) in [6, 6.07) is 3.38. The van der Waals surface area contributed by atoms with Crippen LogP contribution in [0.15, 0.2) is 18.3 Å². The Kier molecular flexibility index (Phi) is 6.07. The maximum Gasteiger partial charge on any atom is 0.344 e. The lowest BCUT2D eigenvalue weighted by atomic mass is 10.3. The van der Waals surface area contributed by atoms with E-state index in [9.17, 15) is 9.59 Å². The van der Waals surface area contributed by atoms with Gasteiger partial charge >= 0.3 is 17.9 Å². The predicted molar refractivity (Wildman–Crippen MR) is 82.3 cm³/mol. The first-order valence-corrected chi connectivity index (χ1v) is 7.25. The van der Waals surface area contributed by atoms with Crippen LogP contribution >= 0.6 is 11.6 Å². The maximum absolute atomic E-state index is 11.5. The summed E-state index contributed by atoms with van der Waals surface area (Å²) in [6.07, 6.45) is 1.47. The molecule has 0 unspecified atom stereocenters. The Labute approximate surface area is 142 Å². The summed E-state index contributed by atoms with van der Waals surface area (Å²) < 4.78 is 15.9. The van der Waals surface area contributed by atoms with Gasteiger partial charge in [0.2, 0.25) is 0 Å². The van der Waals surface area contributed by atoms with Crippen LogP contribution in [0.25, 0.3) is 11.5 Å². The number of nitrogens with zero attached hydrogens (tertiary/aromatic N) is 4. The minimum atomic E-state index is -0.641. The van der Waals surface area contributed by atoms with E-state index in [4.69, 9.17) is 21.1 Å². The smallest absolute Gasteiger partial charge is 0.344 e. The minimum Gasteiger partial charge on any atom is -0.469 e. The lowest BCUT2D eigenvalue weighted by Gasteiger charge is -2.03. The van der Waals surface area contributed by atoms with Gasteiger partial charge in [-0.25, -0.2) is 9.48 Å². The van der Waals surface area contributed by atoms with E-state index in [0.29, 0.717) is 16.5 Å². The van der Waals surface area contributed by atoms with Crippen molar-refractivity contribution in [1.29, 1.82) is 0 Å². The van der Waals surface area contributed by atoms with Crippen molar-refractivity contribution in [3.8, 4) is 17.5 Å². The summed E-state index contributed by atoms with van der Waals surface area (Å²) in [7, 11) is 2.92. The number of esters is 2. The van der Waals surface area contributed by atoms with Gasteiger partial charge in [0.05, 0.1) is 18.6 Å². The van der Waals surface area contributed by atoms with Crippen LogP contribution in [-0.2, 0) is 26.1 Å². The van der Waals surface area contributed by atoms with Crippen LogP contribution in [0.4, 0.5) is 0 Å². The van der Waals surface area contributed by atoms with Crippen molar-refractivity contribution in [2.45, 2.75) is 6.42 Å². The van der Waals surface area contributed by atoms with E-state index in [2.05, 4.69) is 19.8 Å². The van der Waals surface area contributed by atoms with Gasteiger partial charge in [-0.1, -0.05) is 11.6 Å². The summed E-state index contributed by atoms with van der Waals surface area (Å²) in [4.78, 5) is 30.7. The monoisotopic (exact) mass is 354 g/mol. The number of hydrogen-bond acceptors (Lipinski definition) is 8. The molecule has 2 aromatic rings. The molecule has 128 valence electrons. The SMILES string of the molecule is COC(=O)CCOC(=O)COc1nc(-c2ccc(Cl)cn2)n(C)n1. The molecule has 24 heavy (non-hydrogen) atoms. The molecular weight excluding hydrogens is 340 g/mol. The molecule has 0 N–H and O–H groups in total. The van der Waals surface area contributed by atoms with Crippen LogP contribution in [0.2, 0.25) is 5.02 Å². The summed E-state index contributed by atoms with van der Waals surface area (Å²) >= 11 is 5.79. The largest absolute Gasteiger partial charge is 0.469 e. The van der Waals surface area contributed by atoms with Crippen LogP contribution in [0.3, 0.4) is 0 Å². The van der Waals surface area contributed by atoms with Gasteiger partial charge in [0.1, 0.15) is 12.3 Å². The van der Waals surface area contributed by atoms with Crippen molar-refractivity contribution >= 4 is 23.5 Å². The Balaban J connectivity index is 1.87. The van der Waals surface area contributed by atoms with Crippen molar-refractivity contribution in [2.75, 3.05) is 20.3 Å². The van der Waals surface area contributed by atoms with E-state index < -0.39 is 11.9 Å². The van der Waals surface area contributed by atoms with E-state index in [1.165, 1.54) is 18.0 Å². The fourth-order valence-corrected chi connectivity index (χ4v) is 1.78. The molecule has 0 amide bonds. The van der Waals surface area contributed by atoms with E-state index in [-0.39, 0.29) is 25.6 Å². The molecule has 0 saturated heterocycles. The predicted octanol–water partition coefficient (Wildman–Crippen LogP) is 1.02. The normalized spacial score (nSPS) is 10.3. The van der Waals surface area contributed by atoms with Crippen LogP contribution < -0.4 is 4.74 Å². The fourth-order valence-electron chi connectivity index (χ4n) is 1.67. The molecule has 0 radical (unpaired) electrons. The first-order valence-electron chi connectivity index (χ1n) is 6.88. The number of ether oxygens (including phenoxy) is 3. The lowest BCUT2D eigenvalue weighted by molar-refractivity contribution is -0.149. The van der Waals surface area contributed by atoms with E-state index in [1.807, 2.05) is 0 Å². The highest BCUT2D eigenvalue weighted by atomic mass is 35.5. The third-order valence-electron chi connectivity index (χ3n) is 2.82. The quantitative estimate of drug-likeness (QED) is 0.678. The van der Waals surface area contributed by atoms with Gasteiger partial charge in [0.25, 0.3) is 0 Å². The van der Waals surface area contributed by atoms with Crippen molar-refractivity contribution in [2.24, 2.45) is 7.05 Å². The second-order valence-corrected chi connectivity index (χ2v) is 4.97. The van der Waals surface area contributed by atoms with Crippen molar-refractivity contribution < 1.29 is 23.8 Å². The van der Waals surface area contributed by atoms with Gasteiger partial charge in [-0.15, -0.1) is 5.10 Å². The Morgan fingerprint density at radius 1 is 1.29 bits per heavy atom. The Hall–Kier alpha value is -2.68. The fraction of sp³-hybridized carbons (Fsp3) is 0.357. The summed E-state index contributed by atoms with van der Waals surface area (Å²) in [5, 5.41) is 4.54. The Bertz CT molecular complexity index is 716. The van der Waals surface area contributed by atoms with E-state index in [0.717, 1.165) is 0 Å². The number of methoxy groups -OCH3 is 1. The molecule has 0 aliphatic carbocycles. The zero-order valence-corrected chi connectivity index (χ0v) is 13.8. The summed E-state index contributed by atoms with van der Waals surface area (Å²) in [5.41, 5.74) is 0.560. The zero-order chi connectivity index (χ0) is 17.5. The number of halogens is 1. The van der Waals surface area contributed by atoms with E-state index in [1.54, 1.807) is 19.2 Å². The maximum atomic E-state index is 11.5. The zero-order valence-electron chi connectivity index (χ0n) is 13.1. The molecule has 0 fully saturated rings. The van der Waals surface area contributed by atoms with E-state index >= 15 is 0 Å². The van der Waals surface area contributed by atoms with Crippen LogP contribution in [-0.4, -0.2) is 52.0 Å². The van der Waals surface area contributed by atoms with Crippen LogP contribution in [0, 0.1) is 0 Å². The highest BCUT2D eigenvalue weighted by molar-refractivity contribution is 6.30. The molecule has 0 aromatic carbocycles. The standard InChI is InChI=1S/C14H15ClN4O5/c1-19-13(10-4-3-9(15)7-16-10)17-14(18-19)24-8-12(21)23-6-5-11(20)22-2/h3-4,7H,5-6,8H2,1-2H3. The number of pyridine rings is 1. The number of hydrogen-bond donors (Lipinski definition) is 0. The van der Waals surface area contributed by atoms with Gasteiger partial charge in [0.15, 0.2) is 12.4 Å². The number of aromatic nitrogens is 4. The third-order valence-corrected chi connectivity index (χ3v) is 3.04. The average Bonchev–Trinajstić information content (AvgIpc) is 2.94. The van der Waals surface area contributed by atoms with Gasteiger partial charge in [0, 0.05) is 13.2 Å². The first-order chi connectivity index (χ1) is 11.5. The number of rotatable bonds is 7. The molecule has 0 spiro atoms. The Morgan fingerprint density at radius 3 is 2.75 bits per heavy atom. The molecular formula is C14H15ClN4O5. The van der Waals surface area contributed by atoms with Gasteiger partial charge < -0.3 is 14.2 Å². The highest BCUT2D eigenvalue weighted by Crippen LogP contribution is 2.18. The lowest BCUT2D eigenvalue weighted by Crippen LogP contribution is -2.17. The molecule has 0 atom stereocenters. The third kappa shape index (κ3) is 4.92. The molecule has 9 nitrogen and oxygen atoms in total. The Morgan fingerprint density at radius 2 is 2.08 bits per heavy atom. The average molecular weight is 355 g/mol. The van der Waals surface area contributed by atoms with Crippen molar-refractivity contribution in [1.82, 2.24) is 19.7 Å². The molecule has 2 aromatic heterocycles. The number of carbonyl (C=O) groups is 2. The summed E-state index contributed by atoms with van der Waals surface area (Å²) in [5.74, 6) is -0.645. The molecule has 0 saturated carbocycles. The molecule has 2 heterocycles. The van der Waals surface area contributed by atoms with Crippen LogP contribution in [0.5, 0.6) is 6.01 Å². The highest BCUT2D eigenvalue weighted by Gasteiger charge is 2.13. The van der Waals surface area contributed by atoms with Crippen molar-refractivity contribution in [3.05, 3.63) is 23.4 Å². The second-order valence-electron chi connectivity index (χ2n) is 4.54. The number of aryl methyl sites for hydroxylation is 1. The topological polar surface area (TPSA) is 105 Å². The minimum absolute atomic E-state index is 0.00849. The molecule has 2 rings (SSSR count). The first kappa shape index (κ1) is 17.7. The number of carbonyl (C=O) groups excluding carboxylic acids is 2. The van der Waals surface area contributed by atoms with Gasteiger partial charge in [-0.3, -0.25) is 9.78 Å². The van der Waals surface area contributed by atoms with Crippen LogP contribution in [0.1, 0.15) is 6.42 Å². The molecule has 0 bridgehead atoms. The van der Waals surface area contributed by atoms with Crippen molar-refractivity contribution in [3.63, 3.8) is 0 Å². The molecule has 0 aliphatic rings. The second kappa shape index (κ2) is 8.25. The summed E-state index contributed by atoms with van der Waals surface area (Å²) in [6.45, 7) is -0.455. The molecule has 0 aliphatic heterocycles. The van der Waals surface area contributed by atoms with Gasteiger partial charge in [-0.05, 0) is 12.1 Å². The molecule has 10 heteroatoms.